The van der Waals surface area contributed by atoms with Gasteiger partial charge in [-0.2, -0.15) is 0 Å². The number of nitrogens with one attached hydrogen (secondary N) is 1. The fourth-order valence-electron chi connectivity index (χ4n) is 0.651. The standard InChI is InChI=1S/C9H17N/c1-3-5-7-9-10-8-6-4-2/h3,5,7,10H,1,4,6,8-9H2,2H3/b7-5+. The van der Waals surface area contributed by atoms with Gasteiger partial charge in [-0.1, -0.05) is 38.2 Å². The molecule has 0 rings (SSSR count). The molecule has 58 valence electrons. The van der Waals surface area contributed by atoms with Crippen molar-refractivity contribution < 1.29 is 0 Å². The van der Waals surface area contributed by atoms with Crippen molar-refractivity contribution in [3.8, 4) is 0 Å². The van der Waals surface area contributed by atoms with Crippen molar-refractivity contribution in [2.24, 2.45) is 0 Å². The summed E-state index contributed by atoms with van der Waals surface area (Å²) in [6.07, 6.45) is 8.35. The molecule has 0 fully saturated rings. The maximum absolute atomic E-state index is 3.58. The second-order valence-electron chi connectivity index (χ2n) is 2.22. The summed E-state index contributed by atoms with van der Waals surface area (Å²) in [7, 11) is 0. The van der Waals surface area contributed by atoms with Crippen LogP contribution in [0.5, 0.6) is 0 Å². The van der Waals surface area contributed by atoms with E-state index in [4.69, 9.17) is 0 Å². The molecule has 1 heteroatoms. The van der Waals surface area contributed by atoms with Gasteiger partial charge >= 0.3 is 0 Å². The first-order chi connectivity index (χ1) is 4.91. The number of rotatable bonds is 6. The van der Waals surface area contributed by atoms with Crippen molar-refractivity contribution >= 4 is 0 Å². The van der Waals surface area contributed by atoms with Crippen LogP contribution in [0, 0.1) is 0 Å². The highest BCUT2D eigenvalue weighted by atomic mass is 14.8. The molecule has 0 aromatic heterocycles. The molecular formula is C9H17N. The molecule has 0 heterocycles. The number of unbranched alkanes of at least 4 members (excludes halogenated alkanes) is 1. The van der Waals surface area contributed by atoms with Crippen molar-refractivity contribution in [2.45, 2.75) is 19.8 Å². The van der Waals surface area contributed by atoms with Gasteiger partial charge < -0.3 is 5.32 Å². The molecule has 0 aromatic carbocycles. The highest BCUT2D eigenvalue weighted by molar-refractivity contribution is 4.97. The van der Waals surface area contributed by atoms with Crippen LogP contribution >= 0.6 is 0 Å². The van der Waals surface area contributed by atoms with Crippen molar-refractivity contribution in [3.63, 3.8) is 0 Å². The van der Waals surface area contributed by atoms with Crippen LogP contribution in [-0.4, -0.2) is 13.1 Å². The first-order valence-electron chi connectivity index (χ1n) is 3.90. The molecule has 1 N–H and O–H groups in total. The van der Waals surface area contributed by atoms with E-state index in [2.05, 4.69) is 24.9 Å². The molecule has 0 unspecified atom stereocenters. The molecule has 0 aliphatic heterocycles. The van der Waals surface area contributed by atoms with Crippen LogP contribution in [0.4, 0.5) is 0 Å². The lowest BCUT2D eigenvalue weighted by Crippen LogP contribution is -2.14. The second kappa shape index (κ2) is 8.44. The number of allylic oxidation sites excluding steroid dienone is 2. The van der Waals surface area contributed by atoms with Gasteiger partial charge in [0, 0.05) is 6.54 Å². The molecule has 0 aliphatic rings. The van der Waals surface area contributed by atoms with Gasteiger partial charge in [0.1, 0.15) is 0 Å². The van der Waals surface area contributed by atoms with Gasteiger partial charge in [-0.25, -0.2) is 0 Å². The zero-order valence-electron chi connectivity index (χ0n) is 6.77. The van der Waals surface area contributed by atoms with E-state index in [0.29, 0.717) is 0 Å². The summed E-state index contributed by atoms with van der Waals surface area (Å²) in [6, 6.07) is 0. The van der Waals surface area contributed by atoms with Gasteiger partial charge in [0.05, 0.1) is 0 Å². The molecule has 0 saturated heterocycles. The van der Waals surface area contributed by atoms with Crippen LogP contribution < -0.4 is 5.32 Å². The third kappa shape index (κ3) is 7.44. The quantitative estimate of drug-likeness (QED) is 0.439. The van der Waals surface area contributed by atoms with Crippen LogP contribution in [-0.2, 0) is 0 Å². The highest BCUT2D eigenvalue weighted by Crippen LogP contribution is 1.81. The number of hydrogen-bond acceptors (Lipinski definition) is 1. The molecular weight excluding hydrogens is 122 g/mol. The summed E-state index contributed by atoms with van der Waals surface area (Å²) in [6.45, 7) is 7.86. The molecule has 0 atom stereocenters. The van der Waals surface area contributed by atoms with Crippen LogP contribution in [0.25, 0.3) is 0 Å². The molecule has 0 aromatic rings. The molecule has 0 saturated carbocycles. The molecule has 0 aliphatic carbocycles. The average Bonchev–Trinajstić information content (AvgIpc) is 1.97. The highest BCUT2D eigenvalue weighted by Gasteiger charge is 1.79. The summed E-state index contributed by atoms with van der Waals surface area (Å²) < 4.78 is 0. The Morgan fingerprint density at radius 3 is 2.90 bits per heavy atom. The molecule has 1 nitrogen and oxygen atoms in total. The van der Waals surface area contributed by atoms with E-state index >= 15 is 0 Å². The van der Waals surface area contributed by atoms with E-state index in [1.165, 1.54) is 12.8 Å². The summed E-state index contributed by atoms with van der Waals surface area (Å²) >= 11 is 0. The van der Waals surface area contributed by atoms with E-state index < -0.39 is 0 Å². The smallest absolute Gasteiger partial charge is 0.0137 e. The SMILES string of the molecule is C=C/C=C/CNCCCC. The van der Waals surface area contributed by atoms with Crippen LogP contribution in [0.3, 0.4) is 0 Å². The minimum absolute atomic E-state index is 0.964. The third-order valence-corrected chi connectivity index (χ3v) is 1.24. The monoisotopic (exact) mass is 139 g/mol. The zero-order chi connectivity index (χ0) is 7.66. The fraction of sp³-hybridized carbons (Fsp3) is 0.556. The summed E-state index contributed by atoms with van der Waals surface area (Å²) in [5.41, 5.74) is 0. The lowest BCUT2D eigenvalue weighted by molar-refractivity contribution is 0.681. The van der Waals surface area contributed by atoms with Crippen molar-refractivity contribution in [2.75, 3.05) is 13.1 Å². The predicted molar refractivity (Wildman–Crippen MR) is 47.1 cm³/mol. The van der Waals surface area contributed by atoms with E-state index in [9.17, 15) is 0 Å². The van der Waals surface area contributed by atoms with Gasteiger partial charge in [-0.05, 0) is 13.0 Å². The normalized spacial score (nSPS) is 10.5. The maximum atomic E-state index is 3.58. The Kier molecular flexibility index (Phi) is 7.97. The first-order valence-corrected chi connectivity index (χ1v) is 3.90. The summed E-state index contributed by atoms with van der Waals surface area (Å²) in [5.74, 6) is 0. The van der Waals surface area contributed by atoms with Gasteiger partial charge in [0.15, 0.2) is 0 Å². The van der Waals surface area contributed by atoms with Crippen molar-refractivity contribution in [1.29, 1.82) is 0 Å². The Hall–Kier alpha value is -0.560. The lowest BCUT2D eigenvalue weighted by atomic mass is 10.3. The molecule has 0 spiro atoms. The summed E-state index contributed by atoms with van der Waals surface area (Å²) in [5, 5.41) is 3.29. The minimum atomic E-state index is 0.964. The second-order valence-corrected chi connectivity index (χ2v) is 2.22. The van der Waals surface area contributed by atoms with Crippen molar-refractivity contribution in [3.05, 3.63) is 24.8 Å². The van der Waals surface area contributed by atoms with Gasteiger partial charge in [0.2, 0.25) is 0 Å². The van der Waals surface area contributed by atoms with Crippen LogP contribution in [0.2, 0.25) is 0 Å². The van der Waals surface area contributed by atoms with E-state index in [1.54, 1.807) is 6.08 Å². The lowest BCUT2D eigenvalue weighted by Gasteiger charge is -1.96. The van der Waals surface area contributed by atoms with Crippen molar-refractivity contribution in [1.82, 2.24) is 5.32 Å². The predicted octanol–water partition coefficient (Wildman–Crippen LogP) is 2.12. The molecule has 10 heavy (non-hydrogen) atoms. The zero-order valence-corrected chi connectivity index (χ0v) is 6.77. The Morgan fingerprint density at radius 2 is 2.30 bits per heavy atom. The average molecular weight is 139 g/mol. The van der Waals surface area contributed by atoms with E-state index in [-0.39, 0.29) is 0 Å². The van der Waals surface area contributed by atoms with E-state index in [1.807, 2.05) is 6.08 Å². The topological polar surface area (TPSA) is 12.0 Å². The van der Waals surface area contributed by atoms with Gasteiger partial charge in [-0.15, -0.1) is 0 Å². The summed E-state index contributed by atoms with van der Waals surface area (Å²) in [4.78, 5) is 0. The van der Waals surface area contributed by atoms with Gasteiger partial charge in [0.25, 0.3) is 0 Å². The molecule has 0 radical (unpaired) electrons. The Morgan fingerprint density at radius 1 is 1.50 bits per heavy atom. The van der Waals surface area contributed by atoms with Crippen LogP contribution in [0.1, 0.15) is 19.8 Å². The Bertz CT molecular complexity index is 94.9. The maximum Gasteiger partial charge on any atom is 0.0137 e. The van der Waals surface area contributed by atoms with Gasteiger partial charge in [-0.3, -0.25) is 0 Å². The first kappa shape index (κ1) is 9.44. The Labute approximate surface area is 63.8 Å². The minimum Gasteiger partial charge on any atom is -0.313 e. The van der Waals surface area contributed by atoms with Crippen LogP contribution in [0.15, 0.2) is 24.8 Å². The fourth-order valence-corrected chi connectivity index (χ4v) is 0.651. The Balaban J connectivity index is 2.90. The third-order valence-electron chi connectivity index (χ3n) is 1.24. The van der Waals surface area contributed by atoms with E-state index in [0.717, 1.165) is 13.1 Å². The largest absolute Gasteiger partial charge is 0.313 e. The molecule has 0 amide bonds. The molecule has 0 bridgehead atoms. The number of hydrogen-bond donors (Lipinski definition) is 1.